The van der Waals surface area contributed by atoms with Gasteiger partial charge in [-0.15, -0.1) is 0 Å². The normalized spacial score (nSPS) is 28.4. The van der Waals surface area contributed by atoms with Gasteiger partial charge in [0.1, 0.15) is 6.10 Å². The van der Waals surface area contributed by atoms with Crippen LogP contribution < -0.4 is 11.2 Å². The molecule has 0 unspecified atom stereocenters. The van der Waals surface area contributed by atoms with Gasteiger partial charge in [0.05, 0.1) is 25.6 Å². The minimum atomic E-state index is -1.02. The van der Waals surface area contributed by atoms with E-state index >= 15 is 0 Å². The number of aliphatic hydroxyl groups excluding tert-OH is 3. The predicted molar refractivity (Wildman–Crippen MR) is 76.6 cm³/mol. The first-order valence-corrected chi connectivity index (χ1v) is 6.82. The molecule has 0 amide bonds. The number of nitrogen functional groups attached to an aromatic ring is 1. The van der Waals surface area contributed by atoms with Gasteiger partial charge in [-0.25, -0.2) is 10.5 Å². The van der Waals surface area contributed by atoms with Gasteiger partial charge in [0.15, 0.2) is 17.0 Å². The van der Waals surface area contributed by atoms with Crippen molar-refractivity contribution in [2.45, 2.75) is 24.7 Å². The molecular formula is C12H18N6O4. The van der Waals surface area contributed by atoms with E-state index in [2.05, 4.69) is 20.4 Å². The molecule has 0 aromatic carbocycles. The van der Waals surface area contributed by atoms with Crippen LogP contribution in [0.4, 0.5) is 11.8 Å². The smallest absolute Gasteiger partial charge is 0.224 e. The van der Waals surface area contributed by atoms with E-state index in [-0.39, 0.29) is 12.6 Å². The molecule has 0 radical (unpaired) electrons. The lowest BCUT2D eigenvalue weighted by atomic mass is 10.1. The molecule has 1 fully saturated rings. The molecule has 4 atom stereocenters. The first kappa shape index (κ1) is 14.9. The summed E-state index contributed by atoms with van der Waals surface area (Å²) in [6.07, 6.45) is -0.117. The number of aromatic nitrogens is 4. The fraction of sp³-hybridized carbons (Fsp3) is 0.583. The minimum absolute atomic E-state index is 0.0283. The standard InChI is InChI=1S/C12H18N6O4/c1-22-17-10-7-11(16-12(13)15-10)18(4-14-7)6-2-5(3-19)8(20)9(6)21/h4-6,8-9,19-21H,2-3H2,1H3,(H3,13,15,16,17)/t5-,6-,8-,9+/m1/s1. The van der Waals surface area contributed by atoms with E-state index in [1.54, 1.807) is 4.57 Å². The SMILES string of the molecule is CONc1nc(N)nc2c1ncn2[C@@H]1C[C@H](CO)[C@@H](O)[C@H]1O. The number of nitrogens with zero attached hydrogens (tertiary/aromatic N) is 4. The fourth-order valence-corrected chi connectivity index (χ4v) is 2.90. The summed E-state index contributed by atoms with van der Waals surface area (Å²) in [5.74, 6) is -0.0516. The van der Waals surface area contributed by atoms with Gasteiger partial charge >= 0.3 is 0 Å². The van der Waals surface area contributed by atoms with Gasteiger partial charge in [0, 0.05) is 12.5 Å². The number of nitrogens with two attached hydrogens (primary N) is 1. The maximum atomic E-state index is 10.2. The number of rotatable bonds is 4. The van der Waals surface area contributed by atoms with Crippen LogP contribution in [0.25, 0.3) is 11.2 Å². The Morgan fingerprint density at radius 2 is 2.18 bits per heavy atom. The maximum Gasteiger partial charge on any atom is 0.224 e. The molecule has 2 heterocycles. The van der Waals surface area contributed by atoms with Crippen LogP contribution in [-0.4, -0.2) is 60.8 Å². The number of aliphatic hydroxyl groups is 3. The van der Waals surface area contributed by atoms with Crippen LogP contribution in [-0.2, 0) is 4.84 Å². The molecule has 120 valence electrons. The second-order valence-corrected chi connectivity index (χ2v) is 5.29. The topological polar surface area (TPSA) is 152 Å². The third-order valence-electron chi connectivity index (χ3n) is 4.00. The molecule has 0 spiro atoms. The zero-order valence-electron chi connectivity index (χ0n) is 11.9. The van der Waals surface area contributed by atoms with Gasteiger partial charge in [-0.05, 0) is 6.42 Å². The number of fused-ring (bicyclic) bond motifs is 1. The number of hydrogen-bond acceptors (Lipinski definition) is 9. The summed E-state index contributed by atoms with van der Waals surface area (Å²) in [6.45, 7) is -0.199. The molecule has 3 rings (SSSR count). The number of hydrogen-bond donors (Lipinski definition) is 5. The van der Waals surface area contributed by atoms with E-state index < -0.39 is 24.2 Å². The van der Waals surface area contributed by atoms with E-state index in [4.69, 9.17) is 10.6 Å². The van der Waals surface area contributed by atoms with Crippen LogP contribution in [0, 0.1) is 5.92 Å². The Morgan fingerprint density at radius 3 is 2.82 bits per heavy atom. The van der Waals surface area contributed by atoms with Crippen LogP contribution in [0.5, 0.6) is 0 Å². The summed E-state index contributed by atoms with van der Waals surface area (Å²) in [5, 5.41) is 29.4. The molecule has 1 aliphatic carbocycles. The molecule has 10 nitrogen and oxygen atoms in total. The maximum absolute atomic E-state index is 10.2. The summed E-state index contributed by atoms with van der Waals surface area (Å²) in [7, 11) is 1.43. The molecule has 10 heteroatoms. The highest BCUT2D eigenvalue weighted by Crippen LogP contribution is 2.37. The predicted octanol–water partition coefficient (Wildman–Crippen LogP) is -1.34. The Morgan fingerprint density at radius 1 is 1.41 bits per heavy atom. The lowest BCUT2D eigenvalue weighted by molar-refractivity contribution is -0.00370. The van der Waals surface area contributed by atoms with Crippen LogP contribution in [0.3, 0.4) is 0 Å². The van der Waals surface area contributed by atoms with Crippen molar-refractivity contribution in [2.24, 2.45) is 5.92 Å². The molecule has 2 aromatic rings. The van der Waals surface area contributed by atoms with Crippen molar-refractivity contribution in [3.05, 3.63) is 6.33 Å². The highest BCUT2D eigenvalue weighted by atomic mass is 16.6. The van der Waals surface area contributed by atoms with Gasteiger partial charge < -0.3 is 25.6 Å². The lowest BCUT2D eigenvalue weighted by Crippen LogP contribution is -2.30. The van der Waals surface area contributed by atoms with Crippen molar-refractivity contribution in [2.75, 3.05) is 24.9 Å². The highest BCUT2D eigenvalue weighted by Gasteiger charge is 2.42. The quantitative estimate of drug-likeness (QED) is 0.432. The van der Waals surface area contributed by atoms with E-state index in [1.807, 2.05) is 0 Å². The van der Waals surface area contributed by atoms with E-state index in [9.17, 15) is 15.3 Å². The van der Waals surface area contributed by atoms with Gasteiger partial charge in [0.25, 0.3) is 0 Å². The van der Waals surface area contributed by atoms with Crippen molar-refractivity contribution >= 4 is 22.9 Å². The Hall–Kier alpha value is -2.01. The first-order chi connectivity index (χ1) is 10.6. The molecule has 6 N–H and O–H groups in total. The Labute approximate surface area is 125 Å². The number of anilines is 2. The van der Waals surface area contributed by atoms with Gasteiger partial charge in [-0.3, -0.25) is 4.84 Å². The van der Waals surface area contributed by atoms with Crippen LogP contribution in [0.15, 0.2) is 6.33 Å². The molecule has 22 heavy (non-hydrogen) atoms. The zero-order valence-corrected chi connectivity index (χ0v) is 11.9. The van der Waals surface area contributed by atoms with Crippen LogP contribution in [0.2, 0.25) is 0 Å². The Balaban J connectivity index is 2.05. The summed E-state index contributed by atoms with van der Waals surface area (Å²) in [4.78, 5) is 17.2. The molecule has 2 aromatic heterocycles. The van der Waals surface area contributed by atoms with Crippen LogP contribution >= 0.6 is 0 Å². The molecule has 0 bridgehead atoms. The second kappa shape index (κ2) is 5.65. The molecule has 0 aliphatic heterocycles. The first-order valence-electron chi connectivity index (χ1n) is 6.82. The second-order valence-electron chi connectivity index (χ2n) is 5.29. The lowest BCUT2D eigenvalue weighted by Gasteiger charge is -2.18. The molecule has 1 saturated carbocycles. The average Bonchev–Trinajstić information content (AvgIpc) is 3.02. The van der Waals surface area contributed by atoms with E-state index in [0.29, 0.717) is 23.4 Å². The van der Waals surface area contributed by atoms with Crippen molar-refractivity contribution in [3.8, 4) is 0 Å². The number of nitrogens with one attached hydrogen (secondary N) is 1. The van der Waals surface area contributed by atoms with E-state index in [1.165, 1.54) is 13.4 Å². The van der Waals surface area contributed by atoms with Gasteiger partial charge in [0.2, 0.25) is 5.95 Å². The fourth-order valence-electron chi connectivity index (χ4n) is 2.90. The van der Waals surface area contributed by atoms with Crippen molar-refractivity contribution in [3.63, 3.8) is 0 Å². The molecule has 0 saturated heterocycles. The number of imidazole rings is 1. The minimum Gasteiger partial charge on any atom is -0.396 e. The summed E-state index contributed by atoms with van der Waals surface area (Å²) in [6, 6.07) is -0.457. The largest absolute Gasteiger partial charge is 0.396 e. The van der Waals surface area contributed by atoms with Gasteiger partial charge in [-0.2, -0.15) is 9.97 Å². The van der Waals surface area contributed by atoms with Crippen molar-refractivity contribution < 1.29 is 20.2 Å². The van der Waals surface area contributed by atoms with E-state index in [0.717, 1.165) is 0 Å². The average molecular weight is 310 g/mol. The Bertz CT molecular complexity index is 677. The Kier molecular flexibility index (Phi) is 3.83. The highest BCUT2D eigenvalue weighted by molar-refractivity contribution is 5.83. The molecular weight excluding hydrogens is 292 g/mol. The monoisotopic (exact) mass is 310 g/mol. The van der Waals surface area contributed by atoms with Crippen molar-refractivity contribution in [1.29, 1.82) is 0 Å². The summed E-state index contributed by atoms with van der Waals surface area (Å²) >= 11 is 0. The zero-order chi connectivity index (χ0) is 15.9. The van der Waals surface area contributed by atoms with Crippen molar-refractivity contribution in [1.82, 2.24) is 19.5 Å². The van der Waals surface area contributed by atoms with Crippen LogP contribution in [0.1, 0.15) is 12.5 Å². The third-order valence-corrected chi connectivity index (χ3v) is 4.00. The third kappa shape index (κ3) is 2.25. The van der Waals surface area contributed by atoms with Gasteiger partial charge in [-0.1, -0.05) is 0 Å². The summed E-state index contributed by atoms with van der Waals surface area (Å²) in [5.41, 5.74) is 9.12. The summed E-state index contributed by atoms with van der Waals surface area (Å²) < 4.78 is 1.64. The molecule has 1 aliphatic rings.